The maximum absolute atomic E-state index is 5.54. The maximum atomic E-state index is 5.54. The number of nitrogens with zero attached hydrogens (tertiary/aromatic N) is 3. The van der Waals surface area contributed by atoms with Crippen molar-refractivity contribution in [2.45, 2.75) is 0 Å². The minimum absolute atomic E-state index is 0.834. The van der Waals surface area contributed by atoms with Gasteiger partial charge in [-0.15, -0.1) is 0 Å². The summed E-state index contributed by atoms with van der Waals surface area (Å²) >= 11 is 0. The van der Waals surface area contributed by atoms with Crippen LogP contribution in [0.4, 0.5) is 0 Å². The molecule has 0 aliphatic carbocycles. The van der Waals surface area contributed by atoms with Crippen LogP contribution in [0.5, 0.6) is 0 Å². The van der Waals surface area contributed by atoms with E-state index in [0.717, 1.165) is 71.8 Å². The summed E-state index contributed by atoms with van der Waals surface area (Å²) in [5, 5.41) is 6.97. The van der Waals surface area contributed by atoms with Crippen LogP contribution in [-0.2, 0) is 0 Å². The van der Waals surface area contributed by atoms with E-state index in [1.807, 2.05) is 6.20 Å². The molecular formula is C58H37N3. The molecule has 0 aliphatic heterocycles. The number of para-hydroxylation sites is 2. The molecule has 3 nitrogen and oxygen atoms in total. The summed E-state index contributed by atoms with van der Waals surface area (Å²) in [5.74, 6) is 0. The highest BCUT2D eigenvalue weighted by molar-refractivity contribution is 6.24. The third-order valence-electron chi connectivity index (χ3n) is 12.2. The van der Waals surface area contributed by atoms with Crippen molar-refractivity contribution in [1.29, 1.82) is 0 Å². The van der Waals surface area contributed by atoms with Gasteiger partial charge in [-0.3, -0.25) is 4.98 Å². The normalized spacial score (nSPS) is 11.6. The molecule has 0 saturated carbocycles. The van der Waals surface area contributed by atoms with Gasteiger partial charge in [0, 0.05) is 32.8 Å². The molecule has 2 heterocycles. The minimum Gasteiger partial charge on any atom is -0.309 e. The maximum Gasteiger partial charge on any atom is 0.0979 e. The molecule has 0 fully saturated rings. The quantitative estimate of drug-likeness (QED) is 0.158. The van der Waals surface area contributed by atoms with Gasteiger partial charge in [-0.1, -0.05) is 182 Å². The Morgan fingerprint density at radius 1 is 0.279 bits per heavy atom. The summed E-state index contributed by atoms with van der Waals surface area (Å²) in [4.78, 5) is 10.8. The van der Waals surface area contributed by atoms with Crippen LogP contribution in [-0.4, -0.2) is 14.5 Å². The molecule has 0 bridgehead atoms. The summed E-state index contributed by atoms with van der Waals surface area (Å²) < 4.78 is 2.36. The van der Waals surface area contributed by atoms with E-state index >= 15 is 0 Å². The van der Waals surface area contributed by atoms with Crippen LogP contribution in [0.3, 0.4) is 0 Å². The predicted octanol–water partition coefficient (Wildman–Crippen LogP) is 15.4. The van der Waals surface area contributed by atoms with Gasteiger partial charge in [0.15, 0.2) is 0 Å². The summed E-state index contributed by atoms with van der Waals surface area (Å²) in [6, 6.07) is 78.4. The SMILES string of the molecule is c1ccc(-c2ccc(-c3ccc4c5ccc(-c6ccc(-c7ccccc7)cc6)cc5c5nc(-c6cccc(-n7c8ccccc8c8ccccc87)c6)cnc5c4c3)cc2)cc1. The first kappa shape index (κ1) is 34.9. The molecule has 284 valence electrons. The molecule has 0 amide bonds. The van der Waals surface area contributed by atoms with E-state index in [0.29, 0.717) is 0 Å². The average Bonchev–Trinajstić information content (AvgIpc) is 3.69. The van der Waals surface area contributed by atoms with Crippen LogP contribution in [0.2, 0.25) is 0 Å². The zero-order valence-corrected chi connectivity index (χ0v) is 33.2. The molecular weight excluding hydrogens is 739 g/mol. The van der Waals surface area contributed by atoms with Crippen molar-refractivity contribution >= 4 is 54.4 Å². The molecule has 0 unspecified atom stereocenters. The Labute approximate surface area is 353 Å². The van der Waals surface area contributed by atoms with E-state index in [1.54, 1.807) is 0 Å². The van der Waals surface area contributed by atoms with Crippen molar-refractivity contribution in [3.8, 4) is 61.5 Å². The zero-order valence-electron chi connectivity index (χ0n) is 33.2. The number of rotatable bonds is 6. The van der Waals surface area contributed by atoms with Gasteiger partial charge in [0.1, 0.15) is 0 Å². The lowest BCUT2D eigenvalue weighted by molar-refractivity contribution is 1.18. The van der Waals surface area contributed by atoms with Crippen LogP contribution in [0.15, 0.2) is 225 Å². The number of fused-ring (bicyclic) bond motifs is 9. The lowest BCUT2D eigenvalue weighted by atomic mass is 9.92. The Hall–Kier alpha value is -8.14. The Bertz CT molecular complexity index is 3550. The van der Waals surface area contributed by atoms with E-state index in [-0.39, 0.29) is 0 Å². The van der Waals surface area contributed by atoms with Crippen molar-refractivity contribution in [1.82, 2.24) is 14.5 Å². The lowest BCUT2D eigenvalue weighted by Crippen LogP contribution is -1.96. The van der Waals surface area contributed by atoms with Crippen LogP contribution in [0, 0.1) is 0 Å². The van der Waals surface area contributed by atoms with E-state index in [4.69, 9.17) is 9.97 Å². The largest absolute Gasteiger partial charge is 0.309 e. The Kier molecular flexibility index (Phi) is 8.17. The molecule has 2 aromatic heterocycles. The smallest absolute Gasteiger partial charge is 0.0979 e. The van der Waals surface area contributed by atoms with E-state index < -0.39 is 0 Å². The van der Waals surface area contributed by atoms with Crippen LogP contribution < -0.4 is 0 Å². The molecule has 0 N–H and O–H groups in total. The molecule has 0 atom stereocenters. The molecule has 10 aromatic carbocycles. The third-order valence-corrected chi connectivity index (χ3v) is 12.2. The average molecular weight is 776 g/mol. The predicted molar refractivity (Wildman–Crippen MR) is 256 cm³/mol. The second kappa shape index (κ2) is 14.3. The van der Waals surface area contributed by atoms with Gasteiger partial charge in [0.2, 0.25) is 0 Å². The highest BCUT2D eigenvalue weighted by atomic mass is 15.0. The standard InChI is InChI=1S/C58H37N3/c1-3-12-38(13-4-1)40-22-26-42(27-23-40)44-30-32-48-49-33-31-45(43-28-24-41(25-29-43)39-14-5-2-6-15-39)36-53(49)58-57(52(48)35-44)59-37-54(60-58)46-16-11-17-47(34-46)61-55-20-9-7-18-50(55)51-19-8-10-21-56(51)61/h1-37H. The topological polar surface area (TPSA) is 30.7 Å². The minimum atomic E-state index is 0.834. The fourth-order valence-electron chi connectivity index (χ4n) is 9.20. The Morgan fingerprint density at radius 2 is 0.705 bits per heavy atom. The molecule has 12 aromatic rings. The van der Waals surface area contributed by atoms with Crippen molar-refractivity contribution in [3.63, 3.8) is 0 Å². The summed E-state index contributed by atoms with van der Waals surface area (Å²) in [5.41, 5.74) is 16.5. The van der Waals surface area contributed by atoms with E-state index in [1.165, 1.54) is 44.1 Å². The second-order valence-electron chi connectivity index (χ2n) is 15.8. The van der Waals surface area contributed by atoms with Crippen molar-refractivity contribution in [2.75, 3.05) is 0 Å². The first-order valence-corrected chi connectivity index (χ1v) is 20.8. The number of hydrogen-bond donors (Lipinski definition) is 0. The molecule has 0 spiro atoms. The number of aromatic nitrogens is 3. The molecule has 0 aliphatic rings. The van der Waals surface area contributed by atoms with Gasteiger partial charge in [-0.25, -0.2) is 4.98 Å². The number of benzene rings is 10. The molecule has 61 heavy (non-hydrogen) atoms. The van der Waals surface area contributed by atoms with Crippen LogP contribution in [0.1, 0.15) is 0 Å². The van der Waals surface area contributed by atoms with E-state index in [2.05, 4.69) is 223 Å². The van der Waals surface area contributed by atoms with Gasteiger partial charge in [-0.05, 0) is 91.7 Å². The fourth-order valence-corrected chi connectivity index (χ4v) is 9.20. The molecule has 3 heteroatoms. The molecule has 0 radical (unpaired) electrons. The lowest BCUT2D eigenvalue weighted by Gasteiger charge is -2.14. The van der Waals surface area contributed by atoms with Crippen LogP contribution >= 0.6 is 0 Å². The molecule has 12 rings (SSSR count). The fraction of sp³-hybridized carbons (Fsp3) is 0. The Balaban J connectivity index is 1.03. The Morgan fingerprint density at radius 3 is 1.25 bits per heavy atom. The second-order valence-corrected chi connectivity index (χ2v) is 15.8. The van der Waals surface area contributed by atoms with Gasteiger partial charge >= 0.3 is 0 Å². The summed E-state index contributed by atoms with van der Waals surface area (Å²) in [6.45, 7) is 0. The van der Waals surface area contributed by atoms with Crippen molar-refractivity contribution in [3.05, 3.63) is 225 Å². The van der Waals surface area contributed by atoms with Crippen molar-refractivity contribution < 1.29 is 0 Å². The van der Waals surface area contributed by atoms with Crippen LogP contribution in [0.25, 0.3) is 116 Å². The summed E-state index contributed by atoms with van der Waals surface area (Å²) in [7, 11) is 0. The first-order valence-electron chi connectivity index (χ1n) is 20.8. The van der Waals surface area contributed by atoms with Gasteiger partial charge in [0.05, 0.1) is 34.0 Å². The van der Waals surface area contributed by atoms with Crippen molar-refractivity contribution in [2.24, 2.45) is 0 Å². The van der Waals surface area contributed by atoms with E-state index in [9.17, 15) is 0 Å². The monoisotopic (exact) mass is 775 g/mol. The van der Waals surface area contributed by atoms with Gasteiger partial charge in [0.25, 0.3) is 0 Å². The third kappa shape index (κ3) is 5.98. The highest BCUT2D eigenvalue weighted by Crippen LogP contribution is 2.40. The number of hydrogen-bond acceptors (Lipinski definition) is 2. The van der Waals surface area contributed by atoms with Gasteiger partial charge in [-0.2, -0.15) is 0 Å². The van der Waals surface area contributed by atoms with Gasteiger partial charge < -0.3 is 4.57 Å². The highest BCUT2D eigenvalue weighted by Gasteiger charge is 2.17. The molecule has 0 saturated heterocycles. The summed E-state index contributed by atoms with van der Waals surface area (Å²) in [6.07, 6.45) is 1.95. The first-order chi connectivity index (χ1) is 30.2. The zero-order chi connectivity index (χ0) is 40.3.